The van der Waals surface area contributed by atoms with Crippen molar-refractivity contribution in [2.24, 2.45) is 0 Å². The smallest absolute Gasteiger partial charge is 0.310 e. The van der Waals surface area contributed by atoms with Crippen LogP contribution in [0.1, 0.15) is 18.4 Å². The highest BCUT2D eigenvalue weighted by Gasteiger charge is 2.17. The van der Waals surface area contributed by atoms with Crippen LogP contribution in [-0.2, 0) is 9.53 Å². The Bertz CT molecular complexity index is 349. The van der Waals surface area contributed by atoms with Crippen molar-refractivity contribution in [2.75, 3.05) is 20.3 Å². The normalized spacial score (nSPS) is 12.1. The number of para-hydroxylation sites is 1. The lowest BCUT2D eigenvalue weighted by atomic mass is 10.0. The van der Waals surface area contributed by atoms with Crippen molar-refractivity contribution in [1.29, 1.82) is 0 Å². The van der Waals surface area contributed by atoms with Crippen molar-refractivity contribution < 1.29 is 19.4 Å². The Kier molecular flexibility index (Phi) is 4.79. The molecule has 0 aromatic heterocycles. The molecule has 0 saturated heterocycles. The van der Waals surface area contributed by atoms with E-state index >= 15 is 0 Å². The summed E-state index contributed by atoms with van der Waals surface area (Å²) < 4.78 is 10.3. The molecule has 1 aromatic rings. The highest BCUT2D eigenvalue weighted by atomic mass is 16.5. The van der Waals surface area contributed by atoms with Gasteiger partial charge in [0.25, 0.3) is 0 Å². The van der Waals surface area contributed by atoms with Gasteiger partial charge in [-0.15, -0.1) is 0 Å². The van der Waals surface area contributed by atoms with Gasteiger partial charge in [0, 0.05) is 12.7 Å². The lowest BCUT2D eigenvalue weighted by Gasteiger charge is -2.13. The van der Waals surface area contributed by atoms with E-state index in [-0.39, 0.29) is 0 Å². The second-order valence-corrected chi connectivity index (χ2v) is 3.44. The second kappa shape index (κ2) is 6.12. The molecule has 1 atom stereocenters. The molecule has 4 heteroatoms. The maximum Gasteiger partial charge on any atom is 0.310 e. The van der Waals surface area contributed by atoms with Crippen molar-refractivity contribution in [3.8, 4) is 5.75 Å². The zero-order chi connectivity index (χ0) is 12.0. The molecule has 1 unspecified atom stereocenters. The van der Waals surface area contributed by atoms with Crippen LogP contribution in [0.3, 0.4) is 0 Å². The third-order valence-corrected chi connectivity index (χ3v) is 2.30. The average molecular weight is 224 g/mol. The van der Waals surface area contributed by atoms with Gasteiger partial charge >= 0.3 is 5.97 Å². The zero-order valence-corrected chi connectivity index (χ0v) is 9.47. The Labute approximate surface area is 94.8 Å². The van der Waals surface area contributed by atoms with Gasteiger partial charge in [-0.3, -0.25) is 4.79 Å². The molecule has 0 aliphatic rings. The monoisotopic (exact) mass is 224 g/mol. The van der Waals surface area contributed by atoms with Gasteiger partial charge in [0.1, 0.15) is 12.4 Å². The van der Waals surface area contributed by atoms with E-state index in [0.29, 0.717) is 24.5 Å². The first-order valence-electron chi connectivity index (χ1n) is 5.10. The molecular formula is C12H16O4. The van der Waals surface area contributed by atoms with Crippen LogP contribution < -0.4 is 4.74 Å². The van der Waals surface area contributed by atoms with Crippen LogP contribution in [0.5, 0.6) is 5.75 Å². The molecule has 0 aliphatic carbocycles. The summed E-state index contributed by atoms with van der Waals surface area (Å²) in [5, 5.41) is 8.95. The molecule has 88 valence electrons. The highest BCUT2D eigenvalue weighted by Crippen LogP contribution is 2.26. The van der Waals surface area contributed by atoms with Crippen molar-refractivity contribution in [2.45, 2.75) is 12.8 Å². The molecule has 0 fully saturated rings. The summed E-state index contributed by atoms with van der Waals surface area (Å²) in [5.74, 6) is -0.823. The fraction of sp³-hybridized carbons (Fsp3) is 0.417. The van der Waals surface area contributed by atoms with Crippen molar-refractivity contribution >= 4 is 5.97 Å². The summed E-state index contributed by atoms with van der Waals surface area (Å²) in [7, 11) is 1.59. The second-order valence-electron chi connectivity index (χ2n) is 3.44. The Morgan fingerprint density at radius 2 is 2.06 bits per heavy atom. The molecule has 0 spiro atoms. The SMILES string of the molecule is COCCOc1ccccc1C(C)C(=O)O. The quantitative estimate of drug-likeness (QED) is 0.750. The number of hydrogen-bond donors (Lipinski definition) is 1. The molecule has 4 nitrogen and oxygen atoms in total. The summed E-state index contributed by atoms with van der Waals surface area (Å²) in [6.45, 7) is 2.54. The van der Waals surface area contributed by atoms with E-state index in [4.69, 9.17) is 14.6 Å². The third kappa shape index (κ3) is 3.24. The highest BCUT2D eigenvalue weighted by molar-refractivity contribution is 5.76. The molecule has 0 heterocycles. The first-order valence-corrected chi connectivity index (χ1v) is 5.10. The molecule has 0 bridgehead atoms. The first kappa shape index (κ1) is 12.5. The minimum absolute atomic E-state index is 0.417. The van der Waals surface area contributed by atoms with E-state index in [1.807, 2.05) is 6.07 Å². The molecule has 1 rings (SSSR count). The molecule has 0 radical (unpaired) electrons. The van der Waals surface area contributed by atoms with Crippen LogP contribution in [0, 0.1) is 0 Å². The topological polar surface area (TPSA) is 55.8 Å². The van der Waals surface area contributed by atoms with Gasteiger partial charge in [-0.2, -0.15) is 0 Å². The van der Waals surface area contributed by atoms with Crippen LogP contribution in [-0.4, -0.2) is 31.4 Å². The molecule has 1 N–H and O–H groups in total. The largest absolute Gasteiger partial charge is 0.491 e. The van der Waals surface area contributed by atoms with Gasteiger partial charge in [-0.05, 0) is 13.0 Å². The lowest BCUT2D eigenvalue weighted by molar-refractivity contribution is -0.138. The number of benzene rings is 1. The number of carboxylic acid groups (broad SMARTS) is 1. The van der Waals surface area contributed by atoms with Gasteiger partial charge in [-0.25, -0.2) is 0 Å². The summed E-state index contributed by atoms with van der Waals surface area (Å²) in [5.41, 5.74) is 0.686. The fourth-order valence-corrected chi connectivity index (χ4v) is 1.34. The Hall–Kier alpha value is -1.55. The van der Waals surface area contributed by atoms with Crippen LogP contribution >= 0.6 is 0 Å². The summed E-state index contributed by atoms with van der Waals surface area (Å²) in [4.78, 5) is 10.9. The van der Waals surface area contributed by atoms with Crippen molar-refractivity contribution in [3.63, 3.8) is 0 Å². The molecular weight excluding hydrogens is 208 g/mol. The minimum Gasteiger partial charge on any atom is -0.491 e. The van der Waals surface area contributed by atoms with Crippen LogP contribution in [0.25, 0.3) is 0 Å². The van der Waals surface area contributed by atoms with E-state index in [0.717, 1.165) is 0 Å². The van der Waals surface area contributed by atoms with Crippen LogP contribution in [0.15, 0.2) is 24.3 Å². The van der Waals surface area contributed by atoms with Gasteiger partial charge in [0.05, 0.1) is 12.5 Å². The molecule has 0 saturated carbocycles. The van der Waals surface area contributed by atoms with E-state index in [1.54, 1.807) is 32.2 Å². The van der Waals surface area contributed by atoms with E-state index < -0.39 is 11.9 Å². The minimum atomic E-state index is -0.859. The number of ether oxygens (including phenoxy) is 2. The van der Waals surface area contributed by atoms with Gasteiger partial charge < -0.3 is 14.6 Å². The van der Waals surface area contributed by atoms with Crippen LogP contribution in [0.2, 0.25) is 0 Å². The summed E-state index contributed by atoms with van der Waals surface area (Å²) in [6.07, 6.45) is 0. The van der Waals surface area contributed by atoms with Crippen LogP contribution in [0.4, 0.5) is 0 Å². The molecule has 16 heavy (non-hydrogen) atoms. The maximum absolute atomic E-state index is 10.9. The first-order chi connectivity index (χ1) is 7.66. The van der Waals surface area contributed by atoms with Crippen molar-refractivity contribution in [3.05, 3.63) is 29.8 Å². The number of rotatable bonds is 6. The van der Waals surface area contributed by atoms with E-state index in [2.05, 4.69) is 0 Å². The summed E-state index contributed by atoms with van der Waals surface area (Å²) in [6, 6.07) is 7.16. The number of hydrogen-bond acceptors (Lipinski definition) is 3. The summed E-state index contributed by atoms with van der Waals surface area (Å²) >= 11 is 0. The molecule has 0 aliphatic heterocycles. The number of methoxy groups -OCH3 is 1. The molecule has 0 amide bonds. The predicted molar refractivity (Wildman–Crippen MR) is 59.9 cm³/mol. The number of aliphatic carboxylic acids is 1. The fourth-order valence-electron chi connectivity index (χ4n) is 1.34. The van der Waals surface area contributed by atoms with Gasteiger partial charge in [-0.1, -0.05) is 18.2 Å². The standard InChI is InChI=1S/C12H16O4/c1-9(12(13)14)10-5-3-4-6-11(10)16-8-7-15-2/h3-6,9H,7-8H2,1-2H3,(H,13,14). The molecule has 1 aromatic carbocycles. The lowest BCUT2D eigenvalue weighted by Crippen LogP contribution is -2.11. The maximum atomic E-state index is 10.9. The Morgan fingerprint density at radius 1 is 1.38 bits per heavy atom. The van der Waals surface area contributed by atoms with Gasteiger partial charge in [0.2, 0.25) is 0 Å². The van der Waals surface area contributed by atoms with E-state index in [1.165, 1.54) is 0 Å². The zero-order valence-electron chi connectivity index (χ0n) is 9.47. The number of carbonyl (C=O) groups is 1. The third-order valence-electron chi connectivity index (χ3n) is 2.30. The number of carboxylic acids is 1. The average Bonchev–Trinajstić information content (AvgIpc) is 2.29. The van der Waals surface area contributed by atoms with Crippen molar-refractivity contribution in [1.82, 2.24) is 0 Å². The predicted octanol–water partition coefficient (Wildman–Crippen LogP) is 1.90. The Balaban J connectivity index is 2.79. The van der Waals surface area contributed by atoms with E-state index in [9.17, 15) is 4.79 Å². The Morgan fingerprint density at radius 3 is 2.69 bits per heavy atom. The van der Waals surface area contributed by atoms with Gasteiger partial charge in [0.15, 0.2) is 0 Å².